The molecule has 0 saturated heterocycles. The summed E-state index contributed by atoms with van der Waals surface area (Å²) in [6, 6.07) is 3.87. The molecule has 1 heterocycles. The van der Waals surface area contributed by atoms with Gasteiger partial charge in [-0.05, 0) is 6.07 Å². The Hall–Kier alpha value is -1.09. The molecule has 14 heavy (non-hydrogen) atoms. The summed E-state index contributed by atoms with van der Waals surface area (Å²) in [4.78, 5) is 1.97. The molecular formula is C10H13ClN2O. The monoisotopic (exact) mass is 212 g/mol. The van der Waals surface area contributed by atoms with Crippen LogP contribution in [0.5, 0.6) is 5.75 Å². The number of hydrogen-bond donors (Lipinski definition) is 1. The maximum atomic E-state index is 6.12. The average molecular weight is 213 g/mol. The van der Waals surface area contributed by atoms with E-state index < -0.39 is 0 Å². The Morgan fingerprint density at radius 1 is 1.43 bits per heavy atom. The summed E-state index contributed by atoms with van der Waals surface area (Å²) in [6.45, 7) is 1.55. The minimum Gasteiger partial charge on any atom is -0.490 e. The Morgan fingerprint density at radius 2 is 2.21 bits per heavy atom. The van der Waals surface area contributed by atoms with Gasteiger partial charge in [0.1, 0.15) is 12.4 Å². The first-order valence-corrected chi connectivity index (χ1v) is 4.94. The van der Waals surface area contributed by atoms with Gasteiger partial charge < -0.3 is 15.0 Å². The van der Waals surface area contributed by atoms with Crippen LogP contribution in [0.15, 0.2) is 12.1 Å². The summed E-state index contributed by atoms with van der Waals surface area (Å²) in [5.41, 5.74) is 1.96. The smallest absolute Gasteiger partial charge is 0.144 e. The van der Waals surface area contributed by atoms with Crippen LogP contribution in [0, 0.1) is 0 Å². The van der Waals surface area contributed by atoms with Crippen molar-refractivity contribution >= 4 is 23.0 Å². The maximum Gasteiger partial charge on any atom is 0.144 e. The lowest BCUT2D eigenvalue weighted by molar-refractivity contribution is 0.323. The molecule has 0 aromatic heterocycles. The Morgan fingerprint density at radius 3 is 2.93 bits per heavy atom. The number of anilines is 2. The van der Waals surface area contributed by atoms with Gasteiger partial charge in [-0.15, -0.1) is 0 Å². The van der Waals surface area contributed by atoms with Crippen molar-refractivity contribution in [2.45, 2.75) is 0 Å². The zero-order valence-corrected chi connectivity index (χ0v) is 9.06. The lowest BCUT2D eigenvalue weighted by Crippen LogP contribution is -2.19. The largest absolute Gasteiger partial charge is 0.490 e. The van der Waals surface area contributed by atoms with Crippen molar-refractivity contribution in [2.24, 2.45) is 0 Å². The third-order valence-corrected chi connectivity index (χ3v) is 2.51. The molecule has 1 N–H and O–H groups in total. The molecule has 1 aliphatic heterocycles. The molecule has 0 fully saturated rings. The Balaban J connectivity index is 2.45. The van der Waals surface area contributed by atoms with Gasteiger partial charge in [0.05, 0.1) is 16.4 Å². The number of nitrogens with zero attached hydrogens (tertiary/aromatic N) is 1. The summed E-state index contributed by atoms with van der Waals surface area (Å²) in [6.07, 6.45) is 0. The van der Waals surface area contributed by atoms with Crippen molar-refractivity contribution in [3.8, 4) is 5.75 Å². The van der Waals surface area contributed by atoms with Gasteiger partial charge in [-0.25, -0.2) is 0 Å². The number of nitrogens with one attached hydrogen (secondary N) is 1. The van der Waals surface area contributed by atoms with Crippen molar-refractivity contribution in [2.75, 3.05) is 37.5 Å². The summed E-state index contributed by atoms with van der Waals surface area (Å²) in [5.74, 6) is 0.879. The molecule has 3 nitrogen and oxygen atoms in total. The molecule has 0 radical (unpaired) electrons. The van der Waals surface area contributed by atoms with E-state index in [1.165, 1.54) is 0 Å². The summed E-state index contributed by atoms with van der Waals surface area (Å²) in [7, 11) is 3.92. The van der Waals surface area contributed by atoms with Gasteiger partial charge in [-0.3, -0.25) is 0 Å². The van der Waals surface area contributed by atoms with E-state index in [-0.39, 0.29) is 0 Å². The van der Waals surface area contributed by atoms with Crippen LogP contribution in [0.4, 0.5) is 11.4 Å². The van der Waals surface area contributed by atoms with E-state index in [2.05, 4.69) is 5.32 Å². The van der Waals surface area contributed by atoms with Gasteiger partial charge in [0.2, 0.25) is 0 Å². The Labute approximate surface area is 88.6 Å². The topological polar surface area (TPSA) is 24.5 Å². The van der Waals surface area contributed by atoms with E-state index in [1.807, 2.05) is 31.1 Å². The molecule has 76 valence electrons. The van der Waals surface area contributed by atoms with E-state index in [0.29, 0.717) is 6.61 Å². The third-order valence-electron chi connectivity index (χ3n) is 2.21. The van der Waals surface area contributed by atoms with Crippen molar-refractivity contribution < 1.29 is 4.74 Å². The number of fused-ring (bicyclic) bond motifs is 1. The van der Waals surface area contributed by atoms with E-state index in [9.17, 15) is 0 Å². The SMILES string of the molecule is CN(C)c1cc2c(cc1Cl)NCCO2. The van der Waals surface area contributed by atoms with Gasteiger partial charge in [0.25, 0.3) is 0 Å². The Bertz CT molecular complexity index is 352. The number of halogens is 1. The number of benzene rings is 1. The molecule has 0 spiro atoms. The van der Waals surface area contributed by atoms with E-state index in [4.69, 9.17) is 16.3 Å². The van der Waals surface area contributed by atoms with Gasteiger partial charge >= 0.3 is 0 Å². The average Bonchev–Trinajstić information content (AvgIpc) is 2.16. The van der Waals surface area contributed by atoms with E-state index in [0.717, 1.165) is 28.7 Å². The Kier molecular flexibility index (Phi) is 2.42. The molecule has 0 atom stereocenters. The van der Waals surface area contributed by atoms with Crippen LogP contribution < -0.4 is 15.0 Å². The van der Waals surface area contributed by atoms with Crippen molar-refractivity contribution in [3.05, 3.63) is 17.2 Å². The summed E-state index contributed by atoms with van der Waals surface area (Å²) >= 11 is 6.12. The van der Waals surface area contributed by atoms with Gasteiger partial charge in [0, 0.05) is 26.7 Å². The molecule has 0 amide bonds. The van der Waals surface area contributed by atoms with E-state index in [1.54, 1.807) is 0 Å². The zero-order valence-electron chi connectivity index (χ0n) is 8.30. The zero-order chi connectivity index (χ0) is 10.1. The molecule has 4 heteroatoms. The first kappa shape index (κ1) is 9.46. The fourth-order valence-electron chi connectivity index (χ4n) is 1.49. The predicted octanol–water partition coefficient (Wildman–Crippen LogP) is 2.21. The highest BCUT2D eigenvalue weighted by Gasteiger charge is 2.13. The molecule has 0 saturated carbocycles. The van der Waals surface area contributed by atoms with Crippen LogP contribution in [-0.4, -0.2) is 27.2 Å². The minimum absolute atomic E-state index is 0.710. The second kappa shape index (κ2) is 3.58. The summed E-state index contributed by atoms with van der Waals surface area (Å²) < 4.78 is 5.52. The van der Waals surface area contributed by atoms with Gasteiger partial charge in [0.15, 0.2) is 0 Å². The van der Waals surface area contributed by atoms with Crippen LogP contribution in [0.2, 0.25) is 5.02 Å². The highest BCUT2D eigenvalue weighted by atomic mass is 35.5. The fourth-order valence-corrected chi connectivity index (χ4v) is 1.82. The van der Waals surface area contributed by atoms with Crippen molar-refractivity contribution in [1.82, 2.24) is 0 Å². The predicted molar refractivity (Wildman–Crippen MR) is 59.8 cm³/mol. The van der Waals surface area contributed by atoms with E-state index >= 15 is 0 Å². The molecule has 0 bridgehead atoms. The van der Waals surface area contributed by atoms with Crippen LogP contribution >= 0.6 is 11.6 Å². The second-order valence-corrected chi connectivity index (χ2v) is 3.88. The molecule has 0 aliphatic carbocycles. The van der Waals surface area contributed by atoms with Crippen LogP contribution in [-0.2, 0) is 0 Å². The van der Waals surface area contributed by atoms with Gasteiger partial charge in [-0.1, -0.05) is 11.6 Å². The first-order valence-electron chi connectivity index (χ1n) is 4.56. The quantitative estimate of drug-likeness (QED) is 0.773. The maximum absolute atomic E-state index is 6.12. The standard InChI is InChI=1S/C10H13ClN2O/c1-13(2)9-6-10-8(5-7(9)11)12-3-4-14-10/h5-6,12H,3-4H2,1-2H3. The van der Waals surface area contributed by atoms with Crippen LogP contribution in [0.25, 0.3) is 0 Å². The number of hydrogen-bond acceptors (Lipinski definition) is 3. The highest BCUT2D eigenvalue weighted by Crippen LogP contribution is 2.36. The third kappa shape index (κ3) is 1.60. The number of rotatable bonds is 1. The van der Waals surface area contributed by atoms with Crippen molar-refractivity contribution in [1.29, 1.82) is 0 Å². The summed E-state index contributed by atoms with van der Waals surface area (Å²) in [5, 5.41) is 3.98. The van der Waals surface area contributed by atoms with Crippen LogP contribution in [0.3, 0.4) is 0 Å². The van der Waals surface area contributed by atoms with Crippen LogP contribution in [0.1, 0.15) is 0 Å². The highest BCUT2D eigenvalue weighted by molar-refractivity contribution is 6.33. The molecule has 1 aromatic rings. The molecule has 1 aliphatic rings. The normalized spacial score (nSPS) is 13.9. The molecule has 1 aromatic carbocycles. The lowest BCUT2D eigenvalue weighted by atomic mass is 10.2. The number of ether oxygens (including phenoxy) is 1. The first-order chi connectivity index (χ1) is 6.68. The lowest BCUT2D eigenvalue weighted by Gasteiger charge is -2.22. The molecule has 2 rings (SSSR count). The van der Waals surface area contributed by atoms with Crippen molar-refractivity contribution in [3.63, 3.8) is 0 Å². The fraction of sp³-hybridized carbons (Fsp3) is 0.400. The molecule has 0 unspecified atom stereocenters. The second-order valence-electron chi connectivity index (χ2n) is 3.47. The minimum atomic E-state index is 0.710. The molecular weight excluding hydrogens is 200 g/mol. The van der Waals surface area contributed by atoms with Gasteiger partial charge in [-0.2, -0.15) is 0 Å².